The van der Waals surface area contributed by atoms with E-state index in [4.69, 9.17) is 5.11 Å². The summed E-state index contributed by atoms with van der Waals surface area (Å²) < 4.78 is 0. The molecule has 0 saturated heterocycles. The van der Waals surface area contributed by atoms with Crippen molar-refractivity contribution in [2.75, 3.05) is 11.9 Å². The Labute approximate surface area is 119 Å². The molecule has 0 amide bonds. The number of anilines is 1. The van der Waals surface area contributed by atoms with Crippen LogP contribution in [0.3, 0.4) is 0 Å². The van der Waals surface area contributed by atoms with Gasteiger partial charge in [-0.2, -0.15) is 0 Å². The summed E-state index contributed by atoms with van der Waals surface area (Å²) in [6.45, 7) is 3.13. The fourth-order valence-corrected chi connectivity index (χ4v) is 2.74. The number of aromatic carboxylic acids is 1. The van der Waals surface area contributed by atoms with E-state index in [1.165, 1.54) is 31.7 Å². The highest BCUT2D eigenvalue weighted by molar-refractivity contribution is 5.92. The van der Waals surface area contributed by atoms with Gasteiger partial charge in [0.1, 0.15) is 6.29 Å². The minimum Gasteiger partial charge on any atom is -0.478 e. The molecule has 108 valence electrons. The third-order valence-corrected chi connectivity index (χ3v) is 4.07. The van der Waals surface area contributed by atoms with Crippen LogP contribution < -0.4 is 5.32 Å². The lowest BCUT2D eigenvalue weighted by Crippen LogP contribution is -2.20. The average molecular weight is 275 g/mol. The van der Waals surface area contributed by atoms with Gasteiger partial charge in [0.15, 0.2) is 0 Å². The minimum absolute atomic E-state index is 0.148. The fourth-order valence-electron chi connectivity index (χ4n) is 2.74. The molecule has 20 heavy (non-hydrogen) atoms. The summed E-state index contributed by atoms with van der Waals surface area (Å²) in [6, 6.07) is 4.68. The zero-order chi connectivity index (χ0) is 14.5. The Morgan fingerprint density at radius 2 is 2.00 bits per heavy atom. The summed E-state index contributed by atoms with van der Waals surface area (Å²) in [5, 5.41) is 12.3. The predicted octanol–water partition coefficient (Wildman–Crippen LogP) is 3.44. The molecule has 1 fully saturated rings. The Bertz CT molecular complexity index is 490. The van der Waals surface area contributed by atoms with Crippen molar-refractivity contribution in [3.63, 3.8) is 0 Å². The lowest BCUT2D eigenvalue weighted by atomic mass is 9.83. The van der Waals surface area contributed by atoms with E-state index in [9.17, 15) is 9.59 Å². The number of hydrogen-bond acceptors (Lipinski definition) is 3. The van der Waals surface area contributed by atoms with Crippen LogP contribution in [0.2, 0.25) is 0 Å². The second-order valence-electron chi connectivity index (χ2n) is 5.77. The molecular weight excluding hydrogens is 254 g/mol. The van der Waals surface area contributed by atoms with Crippen molar-refractivity contribution in [1.29, 1.82) is 0 Å². The second kappa shape index (κ2) is 6.55. The maximum atomic E-state index is 11.0. The molecular formula is C16H21NO3. The van der Waals surface area contributed by atoms with Crippen LogP contribution >= 0.6 is 0 Å². The molecule has 1 aliphatic carbocycles. The van der Waals surface area contributed by atoms with Gasteiger partial charge in [-0.25, -0.2) is 4.79 Å². The van der Waals surface area contributed by atoms with Crippen LogP contribution in [-0.2, 0) is 0 Å². The molecule has 2 N–H and O–H groups in total. The highest BCUT2D eigenvalue weighted by Crippen LogP contribution is 2.28. The third-order valence-electron chi connectivity index (χ3n) is 4.07. The van der Waals surface area contributed by atoms with Crippen molar-refractivity contribution in [3.8, 4) is 0 Å². The van der Waals surface area contributed by atoms with E-state index in [0.29, 0.717) is 23.5 Å². The van der Waals surface area contributed by atoms with Gasteiger partial charge in [-0.15, -0.1) is 0 Å². The number of aldehydes is 1. The first-order valence-corrected chi connectivity index (χ1v) is 7.16. The molecule has 0 aliphatic heterocycles. The van der Waals surface area contributed by atoms with Gasteiger partial charge in [-0.3, -0.25) is 4.79 Å². The smallest absolute Gasteiger partial charge is 0.335 e. The molecule has 4 nitrogen and oxygen atoms in total. The van der Waals surface area contributed by atoms with Crippen molar-refractivity contribution in [2.24, 2.45) is 11.8 Å². The van der Waals surface area contributed by atoms with Gasteiger partial charge < -0.3 is 10.4 Å². The number of carbonyl (C=O) groups excluding carboxylic acids is 1. The number of carboxylic acids is 1. The van der Waals surface area contributed by atoms with Crippen LogP contribution in [0.25, 0.3) is 0 Å². The van der Waals surface area contributed by atoms with Crippen LogP contribution in [0.4, 0.5) is 5.69 Å². The Kier molecular flexibility index (Phi) is 4.77. The van der Waals surface area contributed by atoms with Crippen LogP contribution in [0.5, 0.6) is 0 Å². The van der Waals surface area contributed by atoms with E-state index in [2.05, 4.69) is 12.2 Å². The van der Waals surface area contributed by atoms with Gasteiger partial charge in [0.05, 0.1) is 5.56 Å². The zero-order valence-electron chi connectivity index (χ0n) is 11.8. The molecule has 0 spiro atoms. The van der Waals surface area contributed by atoms with E-state index in [0.717, 1.165) is 12.5 Å². The van der Waals surface area contributed by atoms with Gasteiger partial charge >= 0.3 is 5.97 Å². The van der Waals surface area contributed by atoms with Gasteiger partial charge in [-0.05, 0) is 42.9 Å². The molecule has 0 radical (unpaired) electrons. The maximum absolute atomic E-state index is 11.0. The first-order chi connectivity index (χ1) is 9.58. The number of rotatable bonds is 5. The van der Waals surface area contributed by atoms with Crippen molar-refractivity contribution in [3.05, 3.63) is 29.3 Å². The number of nitrogens with one attached hydrogen (secondary N) is 1. The predicted molar refractivity (Wildman–Crippen MR) is 78.4 cm³/mol. The van der Waals surface area contributed by atoms with Crippen LogP contribution in [0, 0.1) is 11.8 Å². The van der Waals surface area contributed by atoms with Crippen LogP contribution in [-0.4, -0.2) is 23.9 Å². The summed E-state index contributed by atoms with van der Waals surface area (Å²) in [7, 11) is 0. The zero-order valence-corrected chi connectivity index (χ0v) is 11.8. The molecule has 1 saturated carbocycles. The number of carboxylic acid groups (broad SMARTS) is 1. The van der Waals surface area contributed by atoms with Crippen molar-refractivity contribution >= 4 is 17.9 Å². The third kappa shape index (κ3) is 3.83. The van der Waals surface area contributed by atoms with Crippen molar-refractivity contribution in [2.45, 2.75) is 32.6 Å². The van der Waals surface area contributed by atoms with E-state index in [-0.39, 0.29) is 5.56 Å². The Morgan fingerprint density at radius 1 is 1.30 bits per heavy atom. The lowest BCUT2D eigenvalue weighted by Gasteiger charge is -2.26. The first-order valence-electron chi connectivity index (χ1n) is 7.16. The van der Waals surface area contributed by atoms with E-state index < -0.39 is 5.97 Å². The van der Waals surface area contributed by atoms with Crippen LogP contribution in [0.15, 0.2) is 18.2 Å². The van der Waals surface area contributed by atoms with Crippen LogP contribution in [0.1, 0.15) is 53.3 Å². The number of hydrogen-bond donors (Lipinski definition) is 2. The summed E-state index contributed by atoms with van der Waals surface area (Å²) in [5.41, 5.74) is 1.25. The van der Waals surface area contributed by atoms with Gasteiger partial charge in [0.25, 0.3) is 0 Å². The van der Waals surface area contributed by atoms with E-state index in [1.807, 2.05) is 0 Å². The van der Waals surface area contributed by atoms with Gasteiger partial charge in [0.2, 0.25) is 0 Å². The molecule has 4 heteroatoms. The van der Waals surface area contributed by atoms with Gasteiger partial charge in [-0.1, -0.05) is 19.8 Å². The molecule has 0 heterocycles. The van der Waals surface area contributed by atoms with E-state index in [1.54, 1.807) is 12.1 Å². The molecule has 0 aromatic heterocycles. The Balaban J connectivity index is 2.00. The van der Waals surface area contributed by atoms with E-state index >= 15 is 0 Å². The van der Waals surface area contributed by atoms with Gasteiger partial charge in [0, 0.05) is 17.8 Å². The highest BCUT2D eigenvalue weighted by Gasteiger charge is 2.18. The average Bonchev–Trinajstić information content (AvgIpc) is 2.46. The fraction of sp³-hybridized carbons (Fsp3) is 0.500. The quantitative estimate of drug-likeness (QED) is 0.808. The first kappa shape index (κ1) is 14.6. The molecule has 2 rings (SSSR count). The Hall–Kier alpha value is -1.84. The monoisotopic (exact) mass is 275 g/mol. The topological polar surface area (TPSA) is 66.4 Å². The molecule has 1 aromatic rings. The highest BCUT2D eigenvalue weighted by atomic mass is 16.4. The minimum atomic E-state index is -1.01. The lowest BCUT2D eigenvalue weighted by molar-refractivity contribution is 0.0697. The molecule has 1 aliphatic rings. The second-order valence-corrected chi connectivity index (χ2v) is 5.77. The maximum Gasteiger partial charge on any atom is 0.335 e. The standard InChI is InChI=1S/C16H21NO3/c1-11-2-4-12(5-3-11)9-17-15-7-13(10-18)6-14(8-15)16(19)20/h6-8,10-12,17H,2-5,9H2,1H3,(H,19,20). The summed E-state index contributed by atoms with van der Waals surface area (Å²) in [5.74, 6) is 0.450. The van der Waals surface area contributed by atoms with Crippen molar-refractivity contribution < 1.29 is 14.7 Å². The molecule has 0 unspecified atom stereocenters. The van der Waals surface area contributed by atoms with Crippen molar-refractivity contribution in [1.82, 2.24) is 0 Å². The summed E-state index contributed by atoms with van der Waals surface area (Å²) in [4.78, 5) is 21.9. The number of benzene rings is 1. The summed E-state index contributed by atoms with van der Waals surface area (Å²) in [6.07, 6.45) is 5.64. The SMILES string of the molecule is CC1CCC(CNc2cc(C=O)cc(C(=O)O)c2)CC1. The normalized spacial score (nSPS) is 22.2. The molecule has 0 atom stereocenters. The molecule has 0 bridgehead atoms. The molecule has 1 aromatic carbocycles. The Morgan fingerprint density at radius 3 is 2.60 bits per heavy atom. The largest absolute Gasteiger partial charge is 0.478 e. The number of carbonyl (C=O) groups is 2. The summed E-state index contributed by atoms with van der Waals surface area (Å²) >= 11 is 0.